The van der Waals surface area contributed by atoms with E-state index in [0.29, 0.717) is 0 Å². The summed E-state index contributed by atoms with van der Waals surface area (Å²) in [7, 11) is 0. The van der Waals surface area contributed by atoms with Gasteiger partial charge in [-0.3, -0.25) is 0 Å². The van der Waals surface area contributed by atoms with Gasteiger partial charge in [-0.1, -0.05) is 13.3 Å². The van der Waals surface area contributed by atoms with E-state index < -0.39 is 6.10 Å². The van der Waals surface area contributed by atoms with Gasteiger partial charge in [0.05, 0.1) is 18.8 Å². The molecule has 0 amide bonds. The highest BCUT2D eigenvalue weighted by Crippen LogP contribution is 2.13. The summed E-state index contributed by atoms with van der Waals surface area (Å²) in [5.41, 5.74) is 0. The van der Waals surface area contributed by atoms with Gasteiger partial charge in [0.15, 0.2) is 0 Å². The van der Waals surface area contributed by atoms with Crippen molar-refractivity contribution in [1.82, 2.24) is 5.32 Å². The van der Waals surface area contributed by atoms with E-state index in [1.165, 1.54) is 0 Å². The molecule has 12 heavy (non-hydrogen) atoms. The molecule has 0 aliphatic carbocycles. The average Bonchev–Trinajstić information content (AvgIpc) is 2.05. The molecule has 3 unspecified atom stereocenters. The predicted octanol–water partition coefficient (Wildman–Crippen LogP) is 0.962. The molecule has 71 valence electrons. The Morgan fingerprint density at radius 1 is 1.67 bits per heavy atom. The van der Waals surface area contributed by atoms with Gasteiger partial charge in [-0.05, 0) is 13.3 Å². The maximum atomic E-state index is 11.2. The second-order valence-electron chi connectivity index (χ2n) is 3.38. The normalized spacial score (nSPS) is 33.2. The van der Waals surface area contributed by atoms with Gasteiger partial charge < -0.3 is 10.1 Å². The maximum absolute atomic E-state index is 11.2. The second-order valence-corrected chi connectivity index (χ2v) is 3.38. The van der Waals surface area contributed by atoms with Crippen LogP contribution in [0.25, 0.3) is 0 Å². The van der Waals surface area contributed by atoms with Crippen molar-refractivity contribution in [3.63, 3.8) is 0 Å². The number of morpholine rings is 1. The van der Waals surface area contributed by atoms with E-state index in [1.54, 1.807) is 6.92 Å². The number of nitrogens with one attached hydrogen (secondary N) is 1. The van der Waals surface area contributed by atoms with Gasteiger partial charge in [0.1, 0.15) is 6.10 Å². The average molecular weight is 172 g/mol. The van der Waals surface area contributed by atoms with E-state index >= 15 is 0 Å². The first-order chi connectivity index (χ1) is 5.75. The minimum Gasteiger partial charge on any atom is -0.375 e. The summed E-state index contributed by atoms with van der Waals surface area (Å²) < 4.78 is 5.53. The molecule has 3 atom stereocenters. The fourth-order valence-electron chi connectivity index (χ4n) is 1.69. The van der Waals surface area contributed by atoms with Crippen LogP contribution in [0.5, 0.6) is 0 Å². The SMILES string of the molecule is CCCC1OCCNC1C(C)[O]. The molecule has 1 rings (SSSR count). The Labute approximate surface area is 74.1 Å². The lowest BCUT2D eigenvalue weighted by Crippen LogP contribution is -2.53. The summed E-state index contributed by atoms with van der Waals surface area (Å²) in [6.45, 7) is 5.38. The van der Waals surface area contributed by atoms with Crippen LogP contribution in [0.4, 0.5) is 0 Å². The molecule has 1 aliphatic heterocycles. The fourth-order valence-corrected chi connectivity index (χ4v) is 1.69. The Bertz CT molecular complexity index is 126. The molecule has 1 radical (unpaired) electrons. The Morgan fingerprint density at radius 3 is 3.00 bits per heavy atom. The van der Waals surface area contributed by atoms with Gasteiger partial charge in [0, 0.05) is 6.54 Å². The Hall–Kier alpha value is -0.120. The molecule has 3 heteroatoms. The van der Waals surface area contributed by atoms with Gasteiger partial charge in [0.2, 0.25) is 0 Å². The zero-order chi connectivity index (χ0) is 8.97. The third-order valence-electron chi connectivity index (χ3n) is 2.29. The molecule has 0 aromatic rings. The topological polar surface area (TPSA) is 41.2 Å². The van der Waals surface area contributed by atoms with Gasteiger partial charge in [-0.25, -0.2) is 5.11 Å². The summed E-state index contributed by atoms with van der Waals surface area (Å²) in [6.07, 6.45) is 1.64. The van der Waals surface area contributed by atoms with Gasteiger partial charge in [-0.2, -0.15) is 0 Å². The number of ether oxygens (including phenoxy) is 1. The lowest BCUT2D eigenvalue weighted by molar-refractivity contribution is -0.0605. The van der Waals surface area contributed by atoms with Crippen LogP contribution in [0.1, 0.15) is 26.7 Å². The Morgan fingerprint density at radius 2 is 2.42 bits per heavy atom. The Balaban J connectivity index is 2.42. The molecule has 0 bridgehead atoms. The van der Waals surface area contributed by atoms with E-state index in [-0.39, 0.29) is 12.1 Å². The molecule has 0 spiro atoms. The highest BCUT2D eigenvalue weighted by atomic mass is 16.5. The summed E-state index contributed by atoms with van der Waals surface area (Å²) in [6, 6.07) is 0.0127. The highest BCUT2D eigenvalue weighted by molar-refractivity contribution is 4.84. The number of hydrogen-bond donors (Lipinski definition) is 1. The van der Waals surface area contributed by atoms with Crippen LogP contribution in [-0.2, 0) is 9.84 Å². The van der Waals surface area contributed by atoms with Crippen LogP contribution in [0.15, 0.2) is 0 Å². The third kappa shape index (κ3) is 2.44. The van der Waals surface area contributed by atoms with Crippen molar-refractivity contribution in [1.29, 1.82) is 0 Å². The monoisotopic (exact) mass is 172 g/mol. The summed E-state index contributed by atoms with van der Waals surface area (Å²) in [5.74, 6) is 0. The van der Waals surface area contributed by atoms with Crippen molar-refractivity contribution in [3.8, 4) is 0 Å². The fraction of sp³-hybridized carbons (Fsp3) is 1.00. The molecule has 1 heterocycles. The van der Waals surface area contributed by atoms with Crippen molar-refractivity contribution in [2.75, 3.05) is 13.2 Å². The summed E-state index contributed by atoms with van der Waals surface area (Å²) in [4.78, 5) is 0. The first-order valence-electron chi connectivity index (χ1n) is 4.76. The van der Waals surface area contributed by atoms with Crippen molar-refractivity contribution in [2.24, 2.45) is 0 Å². The molecule has 0 aromatic carbocycles. The standard InChI is InChI=1S/C9H18NO2/c1-3-4-8-9(7(2)11)10-5-6-12-8/h7-10H,3-6H2,1-2H3. The van der Waals surface area contributed by atoms with Gasteiger partial charge in [0.25, 0.3) is 0 Å². The zero-order valence-corrected chi connectivity index (χ0v) is 7.88. The number of hydrogen-bond acceptors (Lipinski definition) is 2. The summed E-state index contributed by atoms with van der Waals surface area (Å²) in [5, 5.41) is 14.4. The van der Waals surface area contributed by atoms with Crippen LogP contribution in [0, 0.1) is 0 Å². The van der Waals surface area contributed by atoms with Crippen LogP contribution in [-0.4, -0.2) is 31.4 Å². The van der Waals surface area contributed by atoms with E-state index in [2.05, 4.69) is 12.2 Å². The molecule has 1 saturated heterocycles. The van der Waals surface area contributed by atoms with Crippen LogP contribution < -0.4 is 5.32 Å². The smallest absolute Gasteiger partial charge is 0.108 e. The van der Waals surface area contributed by atoms with Crippen molar-refractivity contribution < 1.29 is 9.84 Å². The Kier molecular flexibility index (Phi) is 3.98. The van der Waals surface area contributed by atoms with E-state index in [1.807, 2.05) is 0 Å². The molecule has 0 saturated carbocycles. The van der Waals surface area contributed by atoms with Crippen molar-refractivity contribution >= 4 is 0 Å². The first-order valence-corrected chi connectivity index (χ1v) is 4.76. The minimum absolute atomic E-state index is 0.0127. The first kappa shape index (κ1) is 9.96. The molecular formula is C9H18NO2. The lowest BCUT2D eigenvalue weighted by Gasteiger charge is -2.33. The lowest BCUT2D eigenvalue weighted by atomic mass is 10.0. The molecule has 1 fully saturated rings. The summed E-state index contributed by atoms with van der Waals surface area (Å²) >= 11 is 0. The largest absolute Gasteiger partial charge is 0.375 e. The van der Waals surface area contributed by atoms with Crippen LogP contribution in [0.3, 0.4) is 0 Å². The van der Waals surface area contributed by atoms with Crippen LogP contribution in [0.2, 0.25) is 0 Å². The molecule has 0 aromatic heterocycles. The highest BCUT2D eigenvalue weighted by Gasteiger charge is 2.29. The van der Waals surface area contributed by atoms with Crippen LogP contribution >= 0.6 is 0 Å². The quantitative estimate of drug-likeness (QED) is 0.689. The minimum atomic E-state index is -0.568. The predicted molar refractivity (Wildman–Crippen MR) is 46.6 cm³/mol. The second kappa shape index (κ2) is 4.80. The molecule has 1 aliphatic rings. The van der Waals surface area contributed by atoms with E-state index in [4.69, 9.17) is 4.74 Å². The third-order valence-corrected chi connectivity index (χ3v) is 2.29. The van der Waals surface area contributed by atoms with Gasteiger partial charge >= 0.3 is 0 Å². The zero-order valence-electron chi connectivity index (χ0n) is 7.88. The maximum Gasteiger partial charge on any atom is 0.108 e. The van der Waals surface area contributed by atoms with Crippen molar-refractivity contribution in [2.45, 2.75) is 44.9 Å². The number of rotatable bonds is 3. The van der Waals surface area contributed by atoms with E-state index in [0.717, 1.165) is 26.0 Å². The molecular weight excluding hydrogens is 154 g/mol. The molecule has 3 nitrogen and oxygen atoms in total. The molecule has 1 N–H and O–H groups in total. The van der Waals surface area contributed by atoms with E-state index in [9.17, 15) is 5.11 Å². The van der Waals surface area contributed by atoms with Gasteiger partial charge in [-0.15, -0.1) is 0 Å². The van der Waals surface area contributed by atoms with Crippen molar-refractivity contribution in [3.05, 3.63) is 0 Å².